The predicted octanol–water partition coefficient (Wildman–Crippen LogP) is 0.235. The van der Waals surface area contributed by atoms with Gasteiger partial charge in [-0.25, -0.2) is 13.1 Å². The number of rotatable bonds is 4. The molecule has 0 aromatic carbocycles. The van der Waals surface area contributed by atoms with Gasteiger partial charge in [0.1, 0.15) is 0 Å². The molecular formula is C5H9NO2S. The summed E-state index contributed by atoms with van der Waals surface area (Å²) in [5.41, 5.74) is 0. The summed E-state index contributed by atoms with van der Waals surface area (Å²) in [6.45, 7) is 6.68. The minimum atomic E-state index is -3.24. The third-order valence-corrected chi connectivity index (χ3v) is 1.66. The van der Waals surface area contributed by atoms with Crippen molar-refractivity contribution in [2.24, 2.45) is 0 Å². The van der Waals surface area contributed by atoms with E-state index in [2.05, 4.69) is 17.9 Å². The first kappa shape index (κ1) is 8.39. The van der Waals surface area contributed by atoms with Crippen LogP contribution >= 0.6 is 0 Å². The molecule has 0 radical (unpaired) electrons. The average molecular weight is 147 g/mol. The first-order valence-electron chi connectivity index (χ1n) is 2.35. The molecule has 0 rings (SSSR count). The highest BCUT2D eigenvalue weighted by Crippen LogP contribution is 1.80. The molecule has 0 saturated heterocycles. The van der Waals surface area contributed by atoms with E-state index in [1.54, 1.807) is 0 Å². The number of sulfonamides is 1. The molecule has 52 valence electrons. The summed E-state index contributed by atoms with van der Waals surface area (Å²) < 4.78 is 23.2. The summed E-state index contributed by atoms with van der Waals surface area (Å²) in [5.74, 6) is 0. The zero-order chi connectivity index (χ0) is 7.33. The fraction of sp³-hybridized carbons (Fsp3) is 0.200. The van der Waals surface area contributed by atoms with Gasteiger partial charge in [-0.2, -0.15) is 0 Å². The maximum Gasteiger partial charge on any atom is 0.233 e. The SMILES string of the molecule is C=CCNS(=O)(=O)C=C. The van der Waals surface area contributed by atoms with Gasteiger partial charge in [0.25, 0.3) is 0 Å². The van der Waals surface area contributed by atoms with Crippen LogP contribution in [0.15, 0.2) is 24.6 Å². The largest absolute Gasteiger partial charge is 0.233 e. The molecule has 0 heterocycles. The molecule has 0 saturated carbocycles. The quantitative estimate of drug-likeness (QED) is 0.579. The van der Waals surface area contributed by atoms with Gasteiger partial charge in [0.2, 0.25) is 10.0 Å². The molecule has 0 spiro atoms. The summed E-state index contributed by atoms with van der Waals surface area (Å²) in [5, 5.41) is 0.858. The maximum absolute atomic E-state index is 10.5. The van der Waals surface area contributed by atoms with E-state index in [4.69, 9.17) is 0 Å². The van der Waals surface area contributed by atoms with Crippen molar-refractivity contribution in [3.05, 3.63) is 24.6 Å². The van der Waals surface area contributed by atoms with Crippen LogP contribution in [0, 0.1) is 0 Å². The number of hydrogen-bond acceptors (Lipinski definition) is 2. The topological polar surface area (TPSA) is 46.2 Å². The van der Waals surface area contributed by atoms with E-state index in [0.29, 0.717) is 0 Å². The fourth-order valence-electron chi connectivity index (χ4n) is 0.234. The van der Waals surface area contributed by atoms with Crippen LogP contribution in [0.4, 0.5) is 0 Å². The second-order valence-electron chi connectivity index (χ2n) is 1.35. The molecule has 0 aromatic rings. The zero-order valence-electron chi connectivity index (χ0n) is 5.00. The molecule has 0 aliphatic rings. The molecule has 4 heteroatoms. The summed E-state index contributed by atoms with van der Waals surface area (Å²) in [7, 11) is -3.24. The van der Waals surface area contributed by atoms with Crippen LogP contribution in [-0.2, 0) is 10.0 Å². The van der Waals surface area contributed by atoms with Crippen LogP contribution < -0.4 is 4.72 Å². The molecule has 0 aromatic heterocycles. The minimum Gasteiger partial charge on any atom is -0.208 e. The lowest BCUT2D eigenvalue weighted by Crippen LogP contribution is -2.20. The van der Waals surface area contributed by atoms with Crippen LogP contribution in [0.2, 0.25) is 0 Å². The van der Waals surface area contributed by atoms with Crippen molar-refractivity contribution in [3.8, 4) is 0 Å². The van der Waals surface area contributed by atoms with Crippen molar-refractivity contribution in [1.29, 1.82) is 0 Å². The van der Waals surface area contributed by atoms with Gasteiger partial charge in [-0.1, -0.05) is 12.7 Å². The smallest absolute Gasteiger partial charge is 0.208 e. The Hall–Kier alpha value is -0.610. The Morgan fingerprint density at radius 1 is 1.44 bits per heavy atom. The summed E-state index contributed by atoms with van der Waals surface area (Å²) >= 11 is 0. The second-order valence-corrected chi connectivity index (χ2v) is 3.06. The van der Waals surface area contributed by atoms with Crippen LogP contribution in [0.25, 0.3) is 0 Å². The Balaban J connectivity index is 3.89. The lowest BCUT2D eigenvalue weighted by Gasteiger charge is -1.94. The summed E-state index contributed by atoms with van der Waals surface area (Å²) in [4.78, 5) is 0. The highest BCUT2D eigenvalue weighted by molar-refractivity contribution is 7.92. The van der Waals surface area contributed by atoms with Gasteiger partial charge >= 0.3 is 0 Å². The second kappa shape index (κ2) is 3.42. The monoisotopic (exact) mass is 147 g/mol. The van der Waals surface area contributed by atoms with Crippen molar-refractivity contribution in [1.82, 2.24) is 4.72 Å². The first-order chi connectivity index (χ1) is 4.12. The Labute approximate surface area is 55.1 Å². The van der Waals surface area contributed by atoms with Gasteiger partial charge < -0.3 is 0 Å². The van der Waals surface area contributed by atoms with Crippen molar-refractivity contribution in [2.75, 3.05) is 6.54 Å². The Morgan fingerprint density at radius 3 is 2.33 bits per heavy atom. The van der Waals surface area contributed by atoms with Crippen molar-refractivity contribution in [2.45, 2.75) is 0 Å². The van der Waals surface area contributed by atoms with Crippen LogP contribution in [-0.4, -0.2) is 15.0 Å². The normalized spacial score (nSPS) is 10.7. The molecule has 9 heavy (non-hydrogen) atoms. The van der Waals surface area contributed by atoms with Crippen molar-refractivity contribution >= 4 is 10.0 Å². The van der Waals surface area contributed by atoms with Gasteiger partial charge in [-0.05, 0) is 0 Å². The van der Waals surface area contributed by atoms with Gasteiger partial charge in [0.05, 0.1) is 0 Å². The predicted molar refractivity (Wildman–Crippen MR) is 37.3 cm³/mol. The molecule has 0 amide bonds. The highest BCUT2D eigenvalue weighted by atomic mass is 32.2. The third-order valence-electron chi connectivity index (χ3n) is 0.648. The van der Waals surface area contributed by atoms with Crippen molar-refractivity contribution < 1.29 is 8.42 Å². The molecule has 0 aliphatic heterocycles. The van der Waals surface area contributed by atoms with Crippen LogP contribution in [0.5, 0.6) is 0 Å². The van der Waals surface area contributed by atoms with Gasteiger partial charge in [-0.15, -0.1) is 6.58 Å². The van der Waals surface area contributed by atoms with Gasteiger partial charge in [0, 0.05) is 12.0 Å². The van der Waals surface area contributed by atoms with E-state index in [1.807, 2.05) is 0 Å². The molecule has 0 bridgehead atoms. The molecule has 0 atom stereocenters. The van der Waals surface area contributed by atoms with E-state index >= 15 is 0 Å². The zero-order valence-corrected chi connectivity index (χ0v) is 5.82. The van der Waals surface area contributed by atoms with E-state index in [0.717, 1.165) is 5.41 Å². The standard InChI is InChI=1S/C5H9NO2S/c1-3-5-6-9(7,8)4-2/h3-4,6H,1-2,5H2. The third kappa shape index (κ3) is 3.93. The molecule has 0 aliphatic carbocycles. The van der Waals surface area contributed by atoms with E-state index in [9.17, 15) is 8.42 Å². The number of nitrogens with one attached hydrogen (secondary N) is 1. The Kier molecular flexibility index (Phi) is 3.19. The maximum atomic E-state index is 10.5. The summed E-state index contributed by atoms with van der Waals surface area (Å²) in [6.07, 6.45) is 1.46. The average Bonchev–Trinajstić information content (AvgIpc) is 1.84. The first-order valence-corrected chi connectivity index (χ1v) is 3.90. The highest BCUT2D eigenvalue weighted by Gasteiger charge is 1.97. The molecular weight excluding hydrogens is 138 g/mol. The molecule has 0 fully saturated rings. The van der Waals surface area contributed by atoms with Gasteiger partial charge in [0.15, 0.2) is 0 Å². The Bertz CT molecular complexity index is 193. The van der Waals surface area contributed by atoms with Gasteiger partial charge in [-0.3, -0.25) is 0 Å². The van der Waals surface area contributed by atoms with E-state index in [-0.39, 0.29) is 6.54 Å². The fourth-order valence-corrected chi connectivity index (χ4v) is 0.702. The lowest BCUT2D eigenvalue weighted by molar-refractivity contribution is 0.595. The summed E-state index contributed by atoms with van der Waals surface area (Å²) in [6, 6.07) is 0. The molecule has 3 nitrogen and oxygen atoms in total. The molecule has 1 N–H and O–H groups in total. The minimum absolute atomic E-state index is 0.244. The number of hydrogen-bond donors (Lipinski definition) is 1. The van der Waals surface area contributed by atoms with E-state index < -0.39 is 10.0 Å². The van der Waals surface area contributed by atoms with Crippen LogP contribution in [0.1, 0.15) is 0 Å². The van der Waals surface area contributed by atoms with Crippen LogP contribution in [0.3, 0.4) is 0 Å². The lowest BCUT2D eigenvalue weighted by atomic mass is 10.7. The van der Waals surface area contributed by atoms with E-state index in [1.165, 1.54) is 6.08 Å². The molecule has 0 unspecified atom stereocenters. The van der Waals surface area contributed by atoms with Crippen molar-refractivity contribution in [3.63, 3.8) is 0 Å². The Morgan fingerprint density at radius 2 is 2.00 bits per heavy atom.